The number of hydrogen-bond acceptors (Lipinski definition) is 3. The molecule has 1 amide bonds. The third-order valence-corrected chi connectivity index (χ3v) is 3.88. The monoisotopic (exact) mass is 315 g/mol. The number of anilines is 1. The Kier molecular flexibility index (Phi) is 3.62. The van der Waals surface area contributed by atoms with E-state index in [9.17, 15) is 9.59 Å². The lowest BCUT2D eigenvalue weighted by molar-refractivity contribution is -0.134. The lowest BCUT2D eigenvalue weighted by Crippen LogP contribution is -2.48. The number of rotatable bonds is 2. The molecule has 22 heavy (non-hydrogen) atoms. The molecule has 0 saturated heterocycles. The average Bonchev–Trinajstić information content (AvgIpc) is 2.47. The first kappa shape index (κ1) is 14.6. The molecule has 1 atom stereocenters. The molecule has 0 aliphatic carbocycles. The van der Waals surface area contributed by atoms with Gasteiger partial charge in [0.2, 0.25) is 0 Å². The third-order valence-electron chi connectivity index (χ3n) is 3.64. The Hall–Kier alpha value is -2.33. The molecular weight excluding hydrogens is 302 g/mol. The Morgan fingerprint density at radius 2 is 1.95 bits per heavy atom. The Labute approximate surface area is 133 Å². The van der Waals surface area contributed by atoms with Crippen molar-refractivity contribution in [2.24, 2.45) is 0 Å². The van der Waals surface area contributed by atoms with Crippen LogP contribution >= 0.6 is 11.6 Å². The number of cyclic esters (lactones) is 1. The number of nitrogens with one attached hydrogen (secondary N) is 1. The minimum absolute atomic E-state index is 0.285. The number of hydrogen-bond donors (Lipinski definition) is 1. The summed E-state index contributed by atoms with van der Waals surface area (Å²) in [5.74, 6) is -0.874. The van der Waals surface area contributed by atoms with Crippen LogP contribution in [0.5, 0.6) is 0 Å². The molecule has 0 spiro atoms. The molecule has 1 aliphatic heterocycles. The van der Waals surface area contributed by atoms with Gasteiger partial charge in [-0.3, -0.25) is 4.79 Å². The molecule has 112 valence electrons. The first-order valence-electron chi connectivity index (χ1n) is 6.86. The number of fused-ring (bicyclic) bond motifs is 1. The van der Waals surface area contributed by atoms with Crippen molar-refractivity contribution < 1.29 is 14.3 Å². The number of carbonyl (C=O) groups excluding carboxylic acids is 2. The quantitative estimate of drug-likeness (QED) is 0.864. The highest BCUT2D eigenvalue weighted by Crippen LogP contribution is 2.31. The van der Waals surface area contributed by atoms with Gasteiger partial charge in [0, 0.05) is 17.1 Å². The summed E-state index contributed by atoms with van der Waals surface area (Å²) in [7, 11) is 0. The van der Waals surface area contributed by atoms with Gasteiger partial charge in [-0.15, -0.1) is 0 Å². The predicted octanol–water partition coefficient (Wildman–Crippen LogP) is 3.45. The largest absolute Gasteiger partial charge is 0.445 e. The second-order valence-electron chi connectivity index (χ2n) is 5.42. The van der Waals surface area contributed by atoms with Crippen LogP contribution in [0.2, 0.25) is 5.02 Å². The van der Waals surface area contributed by atoms with Crippen LogP contribution in [0, 0.1) is 0 Å². The van der Waals surface area contributed by atoms with Crippen molar-refractivity contribution in [2.45, 2.75) is 18.9 Å². The molecule has 2 aromatic rings. The van der Waals surface area contributed by atoms with Crippen LogP contribution in [-0.4, -0.2) is 17.5 Å². The minimum atomic E-state index is -1.26. The van der Waals surface area contributed by atoms with Crippen molar-refractivity contribution in [3.63, 3.8) is 0 Å². The number of esters is 1. The Morgan fingerprint density at radius 1 is 1.23 bits per heavy atom. The zero-order chi connectivity index (χ0) is 15.7. The number of carbonyl (C=O) groups is 2. The second-order valence-corrected chi connectivity index (χ2v) is 5.86. The maximum Gasteiger partial charge on any atom is 0.339 e. The van der Waals surface area contributed by atoms with E-state index in [1.807, 2.05) is 18.2 Å². The number of amides is 1. The molecule has 2 aromatic carbocycles. The maximum atomic E-state index is 12.5. The van der Waals surface area contributed by atoms with Gasteiger partial charge in [0.25, 0.3) is 5.91 Å². The summed E-state index contributed by atoms with van der Waals surface area (Å²) in [6, 6.07) is 14.0. The predicted molar refractivity (Wildman–Crippen MR) is 84.0 cm³/mol. The van der Waals surface area contributed by atoms with Crippen molar-refractivity contribution in [1.82, 2.24) is 0 Å². The van der Waals surface area contributed by atoms with Crippen LogP contribution < -0.4 is 5.32 Å². The summed E-state index contributed by atoms with van der Waals surface area (Å²) in [4.78, 5) is 24.6. The zero-order valence-electron chi connectivity index (χ0n) is 11.9. The van der Waals surface area contributed by atoms with Crippen LogP contribution in [0.1, 0.15) is 22.8 Å². The number of para-hydroxylation sites is 1. The van der Waals surface area contributed by atoms with Crippen molar-refractivity contribution in [3.05, 3.63) is 64.7 Å². The topological polar surface area (TPSA) is 55.4 Å². The van der Waals surface area contributed by atoms with Gasteiger partial charge in [-0.05, 0) is 42.8 Å². The fourth-order valence-corrected chi connectivity index (χ4v) is 2.67. The SMILES string of the molecule is CC1(C(=O)Nc2ccccc2)Cc2cc(Cl)ccc2C(=O)O1. The van der Waals surface area contributed by atoms with Gasteiger partial charge in [0.1, 0.15) is 0 Å². The summed E-state index contributed by atoms with van der Waals surface area (Å²) < 4.78 is 5.38. The minimum Gasteiger partial charge on any atom is -0.445 e. The molecule has 1 N–H and O–H groups in total. The van der Waals surface area contributed by atoms with E-state index >= 15 is 0 Å². The van der Waals surface area contributed by atoms with Crippen molar-refractivity contribution in [3.8, 4) is 0 Å². The van der Waals surface area contributed by atoms with E-state index in [1.54, 1.807) is 37.3 Å². The highest BCUT2D eigenvalue weighted by atomic mass is 35.5. The molecule has 0 fully saturated rings. The number of ether oxygens (including phenoxy) is 1. The van der Waals surface area contributed by atoms with Gasteiger partial charge >= 0.3 is 5.97 Å². The molecule has 0 aromatic heterocycles. The van der Waals surface area contributed by atoms with Crippen LogP contribution in [0.4, 0.5) is 5.69 Å². The van der Waals surface area contributed by atoms with Gasteiger partial charge in [-0.25, -0.2) is 4.79 Å². The molecule has 0 bridgehead atoms. The smallest absolute Gasteiger partial charge is 0.339 e. The zero-order valence-corrected chi connectivity index (χ0v) is 12.7. The van der Waals surface area contributed by atoms with Crippen molar-refractivity contribution in [1.29, 1.82) is 0 Å². The molecule has 0 saturated carbocycles. The first-order chi connectivity index (χ1) is 10.5. The molecular formula is C17H14ClNO3. The fraction of sp³-hybridized carbons (Fsp3) is 0.176. The Bertz CT molecular complexity index is 745. The van der Waals surface area contributed by atoms with E-state index in [0.717, 1.165) is 5.56 Å². The molecule has 1 aliphatic rings. The Balaban J connectivity index is 1.87. The van der Waals surface area contributed by atoms with Crippen molar-refractivity contribution in [2.75, 3.05) is 5.32 Å². The second kappa shape index (κ2) is 5.46. The number of benzene rings is 2. The van der Waals surface area contributed by atoms with E-state index in [2.05, 4.69) is 5.32 Å². The van der Waals surface area contributed by atoms with Gasteiger partial charge in [0.15, 0.2) is 5.60 Å². The highest BCUT2D eigenvalue weighted by Gasteiger charge is 2.42. The van der Waals surface area contributed by atoms with E-state index in [4.69, 9.17) is 16.3 Å². The van der Waals surface area contributed by atoms with E-state index in [-0.39, 0.29) is 12.3 Å². The first-order valence-corrected chi connectivity index (χ1v) is 7.24. The summed E-state index contributed by atoms with van der Waals surface area (Å²) in [5, 5.41) is 3.30. The van der Waals surface area contributed by atoms with E-state index in [1.165, 1.54) is 0 Å². The van der Waals surface area contributed by atoms with Crippen LogP contribution in [0.3, 0.4) is 0 Å². The highest BCUT2D eigenvalue weighted by molar-refractivity contribution is 6.30. The van der Waals surface area contributed by atoms with Crippen molar-refractivity contribution >= 4 is 29.2 Å². The summed E-state index contributed by atoms with van der Waals surface area (Å²) in [5.41, 5.74) is 0.565. The normalized spacial score (nSPS) is 20.0. The van der Waals surface area contributed by atoms with E-state index < -0.39 is 11.6 Å². The van der Waals surface area contributed by atoms with Crippen LogP contribution in [-0.2, 0) is 16.0 Å². The average molecular weight is 316 g/mol. The molecule has 3 rings (SSSR count). The lowest BCUT2D eigenvalue weighted by atomic mass is 9.89. The van der Waals surface area contributed by atoms with Gasteiger partial charge < -0.3 is 10.1 Å². The number of halogens is 1. The summed E-state index contributed by atoms with van der Waals surface area (Å²) >= 11 is 5.97. The van der Waals surface area contributed by atoms with Gasteiger partial charge in [-0.1, -0.05) is 29.8 Å². The lowest BCUT2D eigenvalue weighted by Gasteiger charge is -2.33. The molecule has 1 heterocycles. The summed E-state index contributed by atoms with van der Waals surface area (Å²) in [6.07, 6.45) is 0.285. The maximum absolute atomic E-state index is 12.5. The van der Waals surface area contributed by atoms with Gasteiger partial charge in [-0.2, -0.15) is 0 Å². The molecule has 1 unspecified atom stereocenters. The third kappa shape index (κ3) is 2.70. The van der Waals surface area contributed by atoms with Crippen LogP contribution in [0.25, 0.3) is 0 Å². The van der Waals surface area contributed by atoms with Gasteiger partial charge in [0.05, 0.1) is 5.56 Å². The molecule has 4 nitrogen and oxygen atoms in total. The summed E-state index contributed by atoms with van der Waals surface area (Å²) in [6.45, 7) is 1.60. The van der Waals surface area contributed by atoms with Crippen LogP contribution in [0.15, 0.2) is 48.5 Å². The molecule has 5 heteroatoms. The fourth-order valence-electron chi connectivity index (χ4n) is 2.48. The Morgan fingerprint density at radius 3 is 2.68 bits per heavy atom. The molecule has 0 radical (unpaired) electrons. The van der Waals surface area contributed by atoms with E-state index in [0.29, 0.717) is 16.3 Å². The standard InChI is InChI=1S/C17H14ClNO3/c1-17(16(21)19-13-5-3-2-4-6-13)10-11-9-12(18)7-8-14(11)15(20)22-17/h2-9H,10H2,1H3,(H,19,21).